The van der Waals surface area contributed by atoms with Crippen molar-refractivity contribution in [3.63, 3.8) is 0 Å². The number of carbonyl (C=O) groups is 1. The van der Waals surface area contributed by atoms with E-state index in [0.29, 0.717) is 38.4 Å². The fourth-order valence-electron chi connectivity index (χ4n) is 3.33. The van der Waals surface area contributed by atoms with E-state index in [0.717, 1.165) is 25.7 Å². The van der Waals surface area contributed by atoms with Gasteiger partial charge in [0.05, 0.1) is 36.9 Å². The summed E-state index contributed by atoms with van der Waals surface area (Å²) < 4.78 is 10.5. The first-order valence-corrected chi connectivity index (χ1v) is 13.1. The zero-order valence-electron chi connectivity index (χ0n) is 23.0. The summed E-state index contributed by atoms with van der Waals surface area (Å²) >= 11 is 0. The van der Waals surface area contributed by atoms with Gasteiger partial charge in [-0.3, -0.25) is 4.79 Å². The minimum absolute atomic E-state index is 0.184. The largest absolute Gasteiger partial charge is 0.502 e. The van der Waals surface area contributed by atoms with E-state index in [1.54, 1.807) is 0 Å². The van der Waals surface area contributed by atoms with Crippen LogP contribution in [0, 0.1) is 28.6 Å². The highest BCUT2D eigenvalue weighted by molar-refractivity contribution is 5.76. The molecule has 0 radical (unpaired) electrons. The van der Waals surface area contributed by atoms with E-state index in [9.17, 15) is 10.1 Å². The normalized spacial score (nSPS) is 14.3. The van der Waals surface area contributed by atoms with Crippen molar-refractivity contribution >= 4 is 5.97 Å². The van der Waals surface area contributed by atoms with E-state index in [4.69, 9.17) is 9.47 Å². The predicted molar refractivity (Wildman–Crippen MR) is 144 cm³/mol. The molecule has 5 heteroatoms. The highest BCUT2D eigenvalue weighted by Crippen LogP contribution is 2.33. The molecule has 0 saturated heterocycles. The molecule has 0 aromatic heterocycles. The third-order valence-electron chi connectivity index (χ3n) is 6.28. The molecule has 0 aliphatic rings. The van der Waals surface area contributed by atoms with Crippen LogP contribution in [0.25, 0.3) is 0 Å². The van der Waals surface area contributed by atoms with Crippen molar-refractivity contribution in [1.82, 2.24) is 4.90 Å². The van der Waals surface area contributed by atoms with Crippen LogP contribution in [0.1, 0.15) is 86.5 Å². The summed E-state index contributed by atoms with van der Waals surface area (Å²) in [5.41, 5.74) is -0.622. The van der Waals surface area contributed by atoms with E-state index >= 15 is 0 Å². The molecule has 0 amide bonds. The van der Waals surface area contributed by atoms with Crippen LogP contribution in [0.4, 0.5) is 0 Å². The quantitative estimate of drug-likeness (QED) is 0.0846. The highest BCUT2D eigenvalue weighted by Gasteiger charge is 2.35. The number of unbranched alkanes of at least 4 members (excludes halogenated alkanes) is 1. The van der Waals surface area contributed by atoms with Crippen LogP contribution >= 0.6 is 0 Å². The standard InChI is InChI=1S/C23H37NO3.C6H15N/c1-6-20(4)14-10-9-11-15-21(19-24)18-23(5,7-2)22(25)27-17-13-12-16-26-8-3;1-4-7(5-2)6-3/h6,8-9,11,20-21H,1,3,7,10,12-18H2,2,4-5H3;4-6H2,1-3H3/b11-9+;. The number of esters is 1. The van der Waals surface area contributed by atoms with Crippen molar-refractivity contribution < 1.29 is 14.3 Å². The second kappa shape index (κ2) is 22.7. The van der Waals surface area contributed by atoms with Gasteiger partial charge in [0.2, 0.25) is 0 Å². The molecule has 0 aromatic carbocycles. The Morgan fingerprint density at radius 2 is 1.71 bits per heavy atom. The molecule has 0 rings (SSSR count). The Bertz CT molecular complexity index is 587. The number of rotatable bonds is 19. The lowest BCUT2D eigenvalue weighted by Gasteiger charge is -2.27. The van der Waals surface area contributed by atoms with Gasteiger partial charge in [0.15, 0.2) is 0 Å². The van der Waals surface area contributed by atoms with E-state index in [1.165, 1.54) is 25.9 Å². The molecule has 34 heavy (non-hydrogen) atoms. The van der Waals surface area contributed by atoms with Gasteiger partial charge >= 0.3 is 5.97 Å². The van der Waals surface area contributed by atoms with E-state index < -0.39 is 5.41 Å². The summed E-state index contributed by atoms with van der Waals surface area (Å²) in [7, 11) is 0. The molecule has 0 aliphatic heterocycles. The van der Waals surface area contributed by atoms with Gasteiger partial charge in [0.25, 0.3) is 0 Å². The van der Waals surface area contributed by atoms with E-state index in [2.05, 4.69) is 64.0 Å². The van der Waals surface area contributed by atoms with Crippen molar-refractivity contribution in [2.45, 2.75) is 86.5 Å². The number of carbonyl (C=O) groups excluding carboxylic acids is 1. The Labute approximate surface area is 210 Å². The lowest BCUT2D eigenvalue weighted by Crippen LogP contribution is -2.31. The Morgan fingerprint density at radius 1 is 1.09 bits per heavy atom. The van der Waals surface area contributed by atoms with Crippen molar-refractivity contribution in [3.8, 4) is 6.07 Å². The predicted octanol–water partition coefficient (Wildman–Crippen LogP) is 7.31. The summed E-state index contributed by atoms with van der Waals surface area (Å²) in [5, 5.41) is 9.47. The van der Waals surface area contributed by atoms with Crippen LogP contribution in [0.15, 0.2) is 37.6 Å². The number of nitriles is 1. The van der Waals surface area contributed by atoms with Crippen LogP contribution < -0.4 is 0 Å². The Kier molecular flexibility index (Phi) is 22.8. The maximum Gasteiger partial charge on any atom is 0.311 e. The van der Waals surface area contributed by atoms with Gasteiger partial charge in [-0.2, -0.15) is 5.26 Å². The van der Waals surface area contributed by atoms with Gasteiger partial charge in [-0.15, -0.1) is 6.58 Å². The molecule has 0 saturated carbocycles. The third-order valence-corrected chi connectivity index (χ3v) is 6.28. The average molecular weight is 477 g/mol. The Hall–Kier alpha value is -2.06. The van der Waals surface area contributed by atoms with Gasteiger partial charge < -0.3 is 14.4 Å². The molecule has 0 aliphatic carbocycles. The third kappa shape index (κ3) is 17.4. The molecule has 0 bridgehead atoms. The van der Waals surface area contributed by atoms with Crippen molar-refractivity contribution in [3.05, 3.63) is 37.6 Å². The van der Waals surface area contributed by atoms with Crippen LogP contribution in [0.3, 0.4) is 0 Å². The maximum atomic E-state index is 12.5. The molecule has 0 fully saturated rings. The monoisotopic (exact) mass is 476 g/mol. The second-order valence-electron chi connectivity index (χ2n) is 8.94. The number of allylic oxidation sites excluding steroid dienone is 3. The first-order chi connectivity index (χ1) is 16.3. The fourth-order valence-corrected chi connectivity index (χ4v) is 3.33. The van der Waals surface area contributed by atoms with Gasteiger partial charge in [0, 0.05) is 0 Å². The molecule has 196 valence electrons. The number of hydrogen-bond acceptors (Lipinski definition) is 5. The molecule has 3 atom stereocenters. The van der Waals surface area contributed by atoms with Crippen molar-refractivity contribution in [2.75, 3.05) is 32.8 Å². The van der Waals surface area contributed by atoms with Crippen LogP contribution in [-0.2, 0) is 14.3 Å². The minimum atomic E-state index is -0.622. The molecule has 0 spiro atoms. The summed E-state index contributed by atoms with van der Waals surface area (Å²) in [4.78, 5) is 14.9. The second-order valence-corrected chi connectivity index (χ2v) is 8.94. The van der Waals surface area contributed by atoms with E-state index in [1.807, 2.05) is 19.9 Å². The number of hydrogen-bond donors (Lipinski definition) is 0. The highest BCUT2D eigenvalue weighted by atomic mass is 16.5. The molecular weight excluding hydrogens is 424 g/mol. The van der Waals surface area contributed by atoms with Crippen LogP contribution in [-0.4, -0.2) is 43.7 Å². The van der Waals surface area contributed by atoms with Gasteiger partial charge in [-0.1, -0.05) is 59.4 Å². The molecule has 5 nitrogen and oxygen atoms in total. The Balaban J connectivity index is 0. The minimum Gasteiger partial charge on any atom is -0.502 e. The molecule has 3 unspecified atom stereocenters. The van der Waals surface area contributed by atoms with Gasteiger partial charge in [0.1, 0.15) is 0 Å². The Morgan fingerprint density at radius 3 is 2.18 bits per heavy atom. The zero-order valence-corrected chi connectivity index (χ0v) is 23.0. The van der Waals surface area contributed by atoms with Crippen molar-refractivity contribution in [1.29, 1.82) is 5.26 Å². The molecule has 0 N–H and O–H groups in total. The summed E-state index contributed by atoms with van der Waals surface area (Å²) in [5.74, 6) is 0.109. The first-order valence-electron chi connectivity index (χ1n) is 13.1. The molecule has 0 heterocycles. The molecule has 0 aromatic rings. The summed E-state index contributed by atoms with van der Waals surface area (Å²) in [6, 6.07) is 2.35. The van der Waals surface area contributed by atoms with Gasteiger partial charge in [-0.25, -0.2) is 0 Å². The molecular formula is C29H52N2O3. The lowest BCUT2D eigenvalue weighted by molar-refractivity contribution is -0.156. The van der Waals surface area contributed by atoms with Crippen molar-refractivity contribution in [2.24, 2.45) is 17.3 Å². The average Bonchev–Trinajstić information content (AvgIpc) is 2.86. The lowest BCUT2D eigenvalue weighted by atomic mass is 9.78. The topological polar surface area (TPSA) is 62.6 Å². The summed E-state index contributed by atoms with van der Waals surface area (Å²) in [6.45, 7) is 24.4. The van der Waals surface area contributed by atoms with Crippen LogP contribution in [0.5, 0.6) is 0 Å². The SMILES string of the molecule is C=COCCCCOC(=O)C(C)(CC)CC(C#N)C/C=C/CCC(C)C=C.CCN(CC)CC. The zero-order chi connectivity index (χ0) is 26.2. The fraction of sp³-hybridized carbons (Fsp3) is 0.724. The van der Waals surface area contributed by atoms with Gasteiger partial charge in [-0.05, 0) is 77.4 Å². The maximum absolute atomic E-state index is 12.5. The smallest absolute Gasteiger partial charge is 0.311 e. The number of nitrogens with zero attached hydrogens (tertiary/aromatic N) is 2. The first kappa shape index (κ1) is 34.1. The van der Waals surface area contributed by atoms with Crippen LogP contribution in [0.2, 0.25) is 0 Å². The number of ether oxygens (including phenoxy) is 2. The van der Waals surface area contributed by atoms with E-state index in [-0.39, 0.29) is 11.9 Å². The summed E-state index contributed by atoms with van der Waals surface area (Å²) in [6.07, 6.45) is 13.0.